The van der Waals surface area contributed by atoms with E-state index in [2.05, 4.69) is 23.3 Å². The fourth-order valence-corrected chi connectivity index (χ4v) is 3.58. The van der Waals surface area contributed by atoms with Gasteiger partial charge in [-0.25, -0.2) is 0 Å². The summed E-state index contributed by atoms with van der Waals surface area (Å²) in [5.41, 5.74) is -0.290. The molecule has 0 aromatic carbocycles. The first-order valence-electron chi connectivity index (χ1n) is 8.27. The van der Waals surface area contributed by atoms with E-state index in [0.29, 0.717) is 32.2 Å². The molecule has 3 atom stereocenters. The molecule has 0 bridgehead atoms. The molecule has 1 spiro atoms. The van der Waals surface area contributed by atoms with Gasteiger partial charge in [0.1, 0.15) is 6.29 Å². The second-order valence-corrected chi connectivity index (χ2v) is 7.61. The molecule has 134 valence electrons. The summed E-state index contributed by atoms with van der Waals surface area (Å²) >= 11 is 4.04. The molecule has 2 aliphatic rings. The lowest BCUT2D eigenvalue weighted by molar-refractivity contribution is -0.130. The standard InChI is InChI=1S/C16H25N3O4S/c1-10(24)14(22)17-13(9-20)7-12-8-16(18-15(12)23)3-5-19(6-4-16)11(2)21/h9-10,12-13,24H,3-8H2,1-2H3,(H,17,22)(H,18,23). The Morgan fingerprint density at radius 3 is 2.58 bits per heavy atom. The number of amides is 3. The number of rotatable bonds is 5. The molecule has 8 heteroatoms. The number of hydrogen-bond acceptors (Lipinski definition) is 5. The van der Waals surface area contributed by atoms with Gasteiger partial charge in [0.15, 0.2) is 0 Å². The third kappa shape index (κ3) is 4.28. The zero-order valence-corrected chi connectivity index (χ0v) is 15.0. The Balaban J connectivity index is 1.93. The highest BCUT2D eigenvalue weighted by molar-refractivity contribution is 7.81. The third-order valence-electron chi connectivity index (χ3n) is 4.97. The van der Waals surface area contributed by atoms with E-state index in [0.717, 1.165) is 12.8 Å². The largest absolute Gasteiger partial charge is 0.350 e. The molecule has 0 aromatic rings. The molecular weight excluding hydrogens is 330 g/mol. The van der Waals surface area contributed by atoms with Crippen molar-refractivity contribution >= 4 is 36.6 Å². The highest BCUT2D eigenvalue weighted by Gasteiger charge is 2.46. The predicted octanol–water partition coefficient (Wildman–Crippen LogP) is -0.104. The summed E-state index contributed by atoms with van der Waals surface area (Å²) in [5, 5.41) is 5.17. The number of carbonyl (C=O) groups excluding carboxylic acids is 4. The minimum absolute atomic E-state index is 0.0512. The summed E-state index contributed by atoms with van der Waals surface area (Å²) in [6.45, 7) is 4.44. The van der Waals surface area contributed by atoms with Crippen molar-refractivity contribution in [2.24, 2.45) is 5.92 Å². The number of carbonyl (C=O) groups is 4. The number of thiol groups is 1. The van der Waals surface area contributed by atoms with Crippen LogP contribution in [0.4, 0.5) is 0 Å². The van der Waals surface area contributed by atoms with Gasteiger partial charge in [-0.1, -0.05) is 0 Å². The molecule has 2 saturated heterocycles. The van der Waals surface area contributed by atoms with Crippen molar-refractivity contribution < 1.29 is 19.2 Å². The molecule has 2 heterocycles. The molecular formula is C16H25N3O4S. The van der Waals surface area contributed by atoms with E-state index in [-0.39, 0.29) is 29.2 Å². The summed E-state index contributed by atoms with van der Waals surface area (Å²) in [6.07, 6.45) is 3.04. The number of nitrogens with one attached hydrogen (secondary N) is 2. The van der Waals surface area contributed by atoms with Crippen LogP contribution in [-0.4, -0.2) is 58.8 Å². The van der Waals surface area contributed by atoms with E-state index in [4.69, 9.17) is 0 Å². The van der Waals surface area contributed by atoms with Crippen molar-refractivity contribution in [3.63, 3.8) is 0 Å². The van der Waals surface area contributed by atoms with E-state index in [1.54, 1.807) is 18.7 Å². The maximum Gasteiger partial charge on any atom is 0.233 e. The Labute approximate surface area is 147 Å². The monoisotopic (exact) mass is 355 g/mol. The number of likely N-dealkylation sites (tertiary alicyclic amines) is 1. The van der Waals surface area contributed by atoms with Crippen LogP contribution in [0.2, 0.25) is 0 Å². The van der Waals surface area contributed by atoms with E-state index >= 15 is 0 Å². The number of hydrogen-bond donors (Lipinski definition) is 3. The molecule has 0 saturated carbocycles. The van der Waals surface area contributed by atoms with Gasteiger partial charge < -0.3 is 20.3 Å². The van der Waals surface area contributed by atoms with Crippen molar-refractivity contribution in [2.45, 2.75) is 56.4 Å². The molecule has 0 aliphatic carbocycles. The van der Waals surface area contributed by atoms with Crippen LogP contribution in [0.3, 0.4) is 0 Å². The van der Waals surface area contributed by atoms with E-state index in [1.165, 1.54) is 0 Å². The van der Waals surface area contributed by atoms with Gasteiger partial charge in [0, 0.05) is 31.5 Å². The van der Waals surface area contributed by atoms with E-state index < -0.39 is 11.3 Å². The maximum atomic E-state index is 12.3. The molecule has 0 aromatic heterocycles. The average molecular weight is 355 g/mol. The van der Waals surface area contributed by atoms with Gasteiger partial charge in [0.05, 0.1) is 11.3 Å². The van der Waals surface area contributed by atoms with Crippen LogP contribution in [0.15, 0.2) is 0 Å². The summed E-state index contributed by atoms with van der Waals surface area (Å²) < 4.78 is 0. The Kier molecular flexibility index (Phi) is 5.90. The summed E-state index contributed by atoms with van der Waals surface area (Å²) in [5.74, 6) is -0.653. The van der Waals surface area contributed by atoms with Crippen LogP contribution in [0.1, 0.15) is 39.5 Å². The fourth-order valence-electron chi connectivity index (χ4n) is 3.51. The summed E-state index contributed by atoms with van der Waals surface area (Å²) in [7, 11) is 0. The molecule has 2 fully saturated rings. The molecule has 3 unspecified atom stereocenters. The summed E-state index contributed by atoms with van der Waals surface area (Å²) in [4.78, 5) is 48.4. The van der Waals surface area contributed by atoms with Gasteiger partial charge >= 0.3 is 0 Å². The molecule has 3 amide bonds. The first kappa shape index (κ1) is 18.8. The molecule has 2 aliphatic heterocycles. The van der Waals surface area contributed by atoms with Crippen LogP contribution >= 0.6 is 12.6 Å². The topological polar surface area (TPSA) is 95.6 Å². The van der Waals surface area contributed by atoms with Crippen LogP contribution in [0, 0.1) is 5.92 Å². The first-order valence-corrected chi connectivity index (χ1v) is 8.79. The molecule has 0 radical (unpaired) electrons. The zero-order chi connectivity index (χ0) is 17.9. The highest BCUT2D eigenvalue weighted by atomic mass is 32.1. The Bertz CT molecular complexity index is 529. The van der Waals surface area contributed by atoms with Crippen molar-refractivity contribution in [1.29, 1.82) is 0 Å². The fraction of sp³-hybridized carbons (Fsp3) is 0.750. The lowest BCUT2D eigenvalue weighted by atomic mass is 9.82. The lowest BCUT2D eigenvalue weighted by Gasteiger charge is -2.39. The third-order valence-corrected chi connectivity index (χ3v) is 5.21. The SMILES string of the molecule is CC(=O)N1CCC2(CC1)CC(CC(C=O)NC(=O)C(C)S)C(=O)N2. The van der Waals surface area contributed by atoms with Gasteiger partial charge in [-0.3, -0.25) is 14.4 Å². The number of piperidine rings is 1. The molecule has 7 nitrogen and oxygen atoms in total. The minimum atomic E-state index is -0.685. The normalized spacial score (nSPS) is 25.0. The minimum Gasteiger partial charge on any atom is -0.350 e. The summed E-state index contributed by atoms with van der Waals surface area (Å²) in [6, 6.07) is -0.685. The second-order valence-electron chi connectivity index (χ2n) is 6.84. The van der Waals surface area contributed by atoms with Gasteiger partial charge in [-0.15, -0.1) is 0 Å². The van der Waals surface area contributed by atoms with E-state index in [1.807, 2.05) is 0 Å². The van der Waals surface area contributed by atoms with Crippen LogP contribution in [-0.2, 0) is 19.2 Å². The van der Waals surface area contributed by atoms with Crippen molar-refractivity contribution in [3.05, 3.63) is 0 Å². The van der Waals surface area contributed by atoms with Crippen molar-refractivity contribution in [2.75, 3.05) is 13.1 Å². The average Bonchev–Trinajstić information content (AvgIpc) is 2.82. The Morgan fingerprint density at radius 1 is 1.46 bits per heavy atom. The quantitative estimate of drug-likeness (QED) is 0.474. The van der Waals surface area contributed by atoms with Gasteiger partial charge in [0.2, 0.25) is 17.7 Å². The smallest absolute Gasteiger partial charge is 0.233 e. The van der Waals surface area contributed by atoms with Gasteiger partial charge in [-0.2, -0.15) is 12.6 Å². The number of nitrogens with zero attached hydrogens (tertiary/aromatic N) is 1. The predicted molar refractivity (Wildman–Crippen MR) is 91.5 cm³/mol. The maximum absolute atomic E-state index is 12.3. The number of aldehydes is 1. The Morgan fingerprint density at radius 2 is 2.08 bits per heavy atom. The van der Waals surface area contributed by atoms with Crippen molar-refractivity contribution in [3.8, 4) is 0 Å². The van der Waals surface area contributed by atoms with Gasteiger partial charge in [-0.05, 0) is 32.6 Å². The molecule has 24 heavy (non-hydrogen) atoms. The van der Waals surface area contributed by atoms with Crippen LogP contribution in [0.5, 0.6) is 0 Å². The van der Waals surface area contributed by atoms with E-state index in [9.17, 15) is 19.2 Å². The van der Waals surface area contributed by atoms with Gasteiger partial charge in [0.25, 0.3) is 0 Å². The Hall–Kier alpha value is -1.57. The second kappa shape index (κ2) is 7.55. The van der Waals surface area contributed by atoms with Crippen molar-refractivity contribution in [1.82, 2.24) is 15.5 Å². The first-order chi connectivity index (χ1) is 11.3. The molecule has 2 rings (SSSR count). The van der Waals surface area contributed by atoms with Crippen LogP contribution < -0.4 is 10.6 Å². The highest BCUT2D eigenvalue weighted by Crippen LogP contribution is 2.36. The molecule has 2 N–H and O–H groups in total. The zero-order valence-electron chi connectivity index (χ0n) is 14.1. The van der Waals surface area contributed by atoms with Crippen LogP contribution in [0.25, 0.3) is 0 Å². The lowest BCUT2D eigenvalue weighted by Crippen LogP contribution is -2.51.